The summed E-state index contributed by atoms with van der Waals surface area (Å²) in [6, 6.07) is 3.44. The minimum atomic E-state index is 0.219. The number of hydrogen-bond acceptors (Lipinski definition) is 2. The third-order valence-electron chi connectivity index (χ3n) is 3.26. The van der Waals surface area contributed by atoms with Crippen LogP contribution in [0.4, 0.5) is 0 Å². The predicted octanol–water partition coefficient (Wildman–Crippen LogP) is 6.44. The van der Waals surface area contributed by atoms with Crippen molar-refractivity contribution in [2.75, 3.05) is 6.61 Å². The van der Waals surface area contributed by atoms with Crippen LogP contribution in [-0.2, 0) is 0 Å². The fraction of sp³-hybridized carbons (Fsp3) is 0.625. The summed E-state index contributed by atoms with van der Waals surface area (Å²) in [7, 11) is 0. The number of phenols is 1. The van der Waals surface area contributed by atoms with Gasteiger partial charge >= 0.3 is 0 Å². The molecule has 0 aliphatic heterocycles. The van der Waals surface area contributed by atoms with Crippen molar-refractivity contribution in [2.45, 2.75) is 58.3 Å². The highest BCUT2D eigenvalue weighted by Crippen LogP contribution is 2.35. The number of ether oxygens (including phenoxy) is 1. The van der Waals surface area contributed by atoms with E-state index >= 15 is 0 Å². The van der Waals surface area contributed by atoms with E-state index in [1.807, 2.05) is 0 Å². The molecule has 0 aromatic heterocycles. The van der Waals surface area contributed by atoms with Crippen LogP contribution in [0.15, 0.2) is 21.1 Å². The van der Waals surface area contributed by atoms with Gasteiger partial charge in [-0.3, -0.25) is 0 Å². The molecule has 0 saturated carbocycles. The van der Waals surface area contributed by atoms with Crippen LogP contribution >= 0.6 is 31.9 Å². The second-order valence-corrected chi connectivity index (χ2v) is 6.77. The largest absolute Gasteiger partial charge is 0.507 e. The summed E-state index contributed by atoms with van der Waals surface area (Å²) >= 11 is 6.69. The molecule has 20 heavy (non-hydrogen) atoms. The Morgan fingerprint density at radius 1 is 0.900 bits per heavy atom. The molecule has 114 valence electrons. The van der Waals surface area contributed by atoms with E-state index in [0.29, 0.717) is 4.47 Å². The molecule has 0 spiro atoms. The summed E-state index contributed by atoms with van der Waals surface area (Å²) in [6.45, 7) is 2.97. The van der Waals surface area contributed by atoms with E-state index in [1.54, 1.807) is 12.1 Å². The number of rotatable bonds is 10. The molecule has 0 heterocycles. The zero-order chi connectivity index (χ0) is 14.8. The second-order valence-electron chi connectivity index (χ2n) is 5.06. The van der Waals surface area contributed by atoms with Gasteiger partial charge in [0, 0.05) is 0 Å². The van der Waals surface area contributed by atoms with Crippen LogP contribution < -0.4 is 4.74 Å². The van der Waals surface area contributed by atoms with E-state index in [0.717, 1.165) is 23.2 Å². The summed E-state index contributed by atoms with van der Waals surface area (Å²) in [4.78, 5) is 0. The van der Waals surface area contributed by atoms with Crippen LogP contribution in [0.1, 0.15) is 58.3 Å². The molecule has 0 radical (unpaired) electrons. The van der Waals surface area contributed by atoms with Crippen molar-refractivity contribution in [1.29, 1.82) is 0 Å². The van der Waals surface area contributed by atoms with Gasteiger partial charge < -0.3 is 9.84 Å². The number of aromatic hydroxyl groups is 1. The monoisotopic (exact) mass is 406 g/mol. The third-order valence-corrected chi connectivity index (χ3v) is 4.51. The normalized spacial score (nSPS) is 10.8. The minimum absolute atomic E-state index is 0.219. The summed E-state index contributed by atoms with van der Waals surface area (Å²) < 4.78 is 7.18. The van der Waals surface area contributed by atoms with Gasteiger partial charge in [0.05, 0.1) is 15.6 Å². The van der Waals surface area contributed by atoms with Gasteiger partial charge in [-0.2, -0.15) is 0 Å². The quantitative estimate of drug-likeness (QED) is 0.452. The Kier molecular flexibility index (Phi) is 9.36. The first-order valence-corrected chi connectivity index (χ1v) is 9.04. The predicted molar refractivity (Wildman–Crippen MR) is 91.6 cm³/mol. The summed E-state index contributed by atoms with van der Waals surface area (Å²) in [5.41, 5.74) is 0. The van der Waals surface area contributed by atoms with Crippen molar-refractivity contribution in [3.63, 3.8) is 0 Å². The first-order chi connectivity index (χ1) is 9.65. The molecule has 0 aliphatic rings. The van der Waals surface area contributed by atoms with Gasteiger partial charge in [0.15, 0.2) is 0 Å². The molecule has 0 atom stereocenters. The maximum absolute atomic E-state index is 9.52. The first kappa shape index (κ1) is 17.8. The number of halogens is 2. The molecule has 4 heteroatoms. The fourth-order valence-electron chi connectivity index (χ4n) is 2.05. The van der Waals surface area contributed by atoms with Crippen molar-refractivity contribution < 1.29 is 9.84 Å². The van der Waals surface area contributed by atoms with Gasteiger partial charge in [-0.1, -0.05) is 51.9 Å². The standard InChI is InChI=1S/C16H24Br2O2/c1-2-3-4-5-6-7-8-9-10-20-16-12-13(17)15(19)11-14(16)18/h11-12,19H,2-10H2,1H3. The zero-order valence-electron chi connectivity index (χ0n) is 12.1. The van der Waals surface area contributed by atoms with Crippen LogP contribution in [-0.4, -0.2) is 11.7 Å². The Hall–Kier alpha value is -0.220. The molecule has 1 aromatic carbocycles. The molecular formula is C16H24Br2O2. The molecule has 0 aliphatic carbocycles. The highest BCUT2D eigenvalue weighted by Gasteiger charge is 2.06. The maximum Gasteiger partial charge on any atom is 0.134 e. The lowest BCUT2D eigenvalue weighted by atomic mass is 10.1. The smallest absolute Gasteiger partial charge is 0.134 e. The Balaban J connectivity index is 2.11. The number of benzene rings is 1. The molecule has 1 aromatic rings. The van der Waals surface area contributed by atoms with Gasteiger partial charge in [0.1, 0.15) is 11.5 Å². The SMILES string of the molecule is CCCCCCCCCCOc1cc(Br)c(O)cc1Br. The Morgan fingerprint density at radius 3 is 2.15 bits per heavy atom. The van der Waals surface area contributed by atoms with Crippen molar-refractivity contribution >= 4 is 31.9 Å². The molecule has 0 saturated heterocycles. The fourth-order valence-corrected chi connectivity index (χ4v) is 2.81. The van der Waals surface area contributed by atoms with Gasteiger partial charge in [0.2, 0.25) is 0 Å². The van der Waals surface area contributed by atoms with Gasteiger partial charge in [-0.25, -0.2) is 0 Å². The van der Waals surface area contributed by atoms with Crippen LogP contribution in [0.3, 0.4) is 0 Å². The van der Waals surface area contributed by atoms with E-state index in [2.05, 4.69) is 38.8 Å². The lowest BCUT2D eigenvalue weighted by Gasteiger charge is -2.09. The molecule has 0 fully saturated rings. The molecule has 2 nitrogen and oxygen atoms in total. The number of phenolic OH excluding ortho intramolecular Hbond substituents is 1. The van der Waals surface area contributed by atoms with Gasteiger partial charge in [0.25, 0.3) is 0 Å². The molecule has 1 N–H and O–H groups in total. The van der Waals surface area contributed by atoms with Gasteiger partial charge in [-0.05, 0) is 50.4 Å². The minimum Gasteiger partial charge on any atom is -0.507 e. The lowest BCUT2D eigenvalue weighted by Crippen LogP contribution is -1.98. The molecule has 0 bridgehead atoms. The molecular weight excluding hydrogens is 384 g/mol. The maximum atomic E-state index is 9.52. The van der Waals surface area contributed by atoms with Crippen molar-refractivity contribution in [2.24, 2.45) is 0 Å². The van der Waals surface area contributed by atoms with E-state index in [-0.39, 0.29) is 5.75 Å². The van der Waals surface area contributed by atoms with Crippen molar-refractivity contribution in [1.82, 2.24) is 0 Å². The lowest BCUT2D eigenvalue weighted by molar-refractivity contribution is 0.301. The third kappa shape index (κ3) is 6.98. The average Bonchev–Trinajstić information content (AvgIpc) is 2.42. The number of unbranched alkanes of at least 4 members (excludes halogenated alkanes) is 7. The van der Waals surface area contributed by atoms with Crippen LogP contribution in [0.25, 0.3) is 0 Å². The van der Waals surface area contributed by atoms with E-state index < -0.39 is 0 Å². The summed E-state index contributed by atoms with van der Waals surface area (Å²) in [5.74, 6) is 0.994. The van der Waals surface area contributed by atoms with E-state index in [4.69, 9.17) is 4.74 Å². The van der Waals surface area contributed by atoms with Crippen LogP contribution in [0.5, 0.6) is 11.5 Å². The van der Waals surface area contributed by atoms with Crippen molar-refractivity contribution in [3.05, 3.63) is 21.1 Å². The van der Waals surface area contributed by atoms with E-state index in [1.165, 1.54) is 44.9 Å². The first-order valence-electron chi connectivity index (χ1n) is 7.46. The zero-order valence-corrected chi connectivity index (χ0v) is 15.3. The van der Waals surface area contributed by atoms with Gasteiger partial charge in [-0.15, -0.1) is 0 Å². The Morgan fingerprint density at radius 2 is 1.50 bits per heavy atom. The molecule has 0 unspecified atom stereocenters. The topological polar surface area (TPSA) is 29.5 Å². The second kappa shape index (κ2) is 10.5. The van der Waals surface area contributed by atoms with Crippen LogP contribution in [0.2, 0.25) is 0 Å². The molecule has 0 amide bonds. The molecule has 1 rings (SSSR count). The Labute approximate surface area is 139 Å². The summed E-state index contributed by atoms with van der Waals surface area (Å²) in [5, 5.41) is 9.52. The van der Waals surface area contributed by atoms with Crippen LogP contribution in [0, 0.1) is 0 Å². The summed E-state index contributed by atoms with van der Waals surface area (Å²) in [6.07, 6.45) is 10.4. The average molecular weight is 408 g/mol. The highest BCUT2D eigenvalue weighted by atomic mass is 79.9. The number of hydrogen-bond donors (Lipinski definition) is 1. The Bertz CT molecular complexity index is 394. The van der Waals surface area contributed by atoms with Crippen molar-refractivity contribution in [3.8, 4) is 11.5 Å². The highest BCUT2D eigenvalue weighted by molar-refractivity contribution is 9.11. The van der Waals surface area contributed by atoms with E-state index in [9.17, 15) is 5.11 Å².